The summed E-state index contributed by atoms with van der Waals surface area (Å²) in [5.41, 5.74) is 2.01. The maximum absolute atomic E-state index is 4.67. The zero-order valence-electron chi connectivity index (χ0n) is 24.2. The molecule has 10 nitrogen and oxygen atoms in total. The molecule has 42 heavy (non-hydrogen) atoms. The molecule has 2 atom stereocenters. The van der Waals surface area contributed by atoms with Crippen molar-refractivity contribution in [2.75, 3.05) is 0 Å². The normalized spacial score (nSPS) is 11.6. The van der Waals surface area contributed by atoms with Crippen LogP contribution < -0.4 is 0 Å². The van der Waals surface area contributed by atoms with Crippen molar-refractivity contribution in [1.82, 2.24) is 48.6 Å². The van der Waals surface area contributed by atoms with E-state index < -0.39 is 0 Å². The van der Waals surface area contributed by atoms with E-state index in [0.29, 0.717) is 12.1 Å². The monoisotopic (exact) mass is 763 g/mol. The predicted molar refractivity (Wildman–Crippen MR) is 161 cm³/mol. The average molecular weight is 762 g/mol. The zero-order chi connectivity index (χ0) is 30.2. The molecular formula is C30H36ClN10Os. The van der Waals surface area contributed by atoms with Crippen molar-refractivity contribution in [3.05, 3.63) is 122 Å². The van der Waals surface area contributed by atoms with Crippen LogP contribution in [0.4, 0.5) is 0 Å². The molecule has 0 N–H and O–H groups in total. The average Bonchev–Trinajstić information content (AvgIpc) is 3.86. The molecule has 6 aromatic rings. The number of rotatable bonds is 7. The van der Waals surface area contributed by atoms with Gasteiger partial charge in [-0.1, -0.05) is 19.1 Å². The fourth-order valence-electron chi connectivity index (χ4n) is 4.15. The molecule has 2 unspecified atom stereocenters. The second kappa shape index (κ2) is 17.8. The minimum atomic E-state index is 0.467. The Morgan fingerprint density at radius 1 is 0.690 bits per heavy atom. The molecule has 0 aliphatic carbocycles. The summed E-state index contributed by atoms with van der Waals surface area (Å²) in [4.78, 5) is 16.8. The number of hydrogen-bond acceptors (Lipinski definition) is 6. The topological polar surface area (TPSA) is 97.1 Å². The van der Waals surface area contributed by atoms with Crippen molar-refractivity contribution >= 4 is 9.64 Å². The Morgan fingerprint density at radius 2 is 1.19 bits per heavy atom. The summed E-state index contributed by atoms with van der Waals surface area (Å²) in [6, 6.07) is 16.5. The Balaban J connectivity index is 0.000000170. The van der Waals surface area contributed by atoms with Gasteiger partial charge in [-0.05, 0) is 70.0 Å². The molecule has 0 radical (unpaired) electrons. The fourth-order valence-corrected chi connectivity index (χ4v) is 4.15. The third kappa shape index (κ3) is 10.2. The third-order valence-corrected chi connectivity index (χ3v) is 6.29. The number of nitrogens with zero attached hydrogens (tertiary/aromatic N) is 10. The van der Waals surface area contributed by atoms with Crippen molar-refractivity contribution in [2.24, 2.45) is 0 Å². The fraction of sp³-hybridized carbons (Fsp3) is 0.267. The van der Waals surface area contributed by atoms with Gasteiger partial charge in [0.05, 0.1) is 12.7 Å². The first-order valence-electron chi connectivity index (χ1n) is 13.5. The van der Waals surface area contributed by atoms with Gasteiger partial charge in [0, 0.05) is 73.0 Å². The van der Waals surface area contributed by atoms with Crippen LogP contribution in [0.1, 0.15) is 50.2 Å². The van der Waals surface area contributed by atoms with Gasteiger partial charge in [-0.25, -0.2) is 29.3 Å². The molecule has 0 bridgehead atoms. The van der Waals surface area contributed by atoms with Gasteiger partial charge in [0.15, 0.2) is 11.6 Å². The Hall–Kier alpha value is -3.93. The third-order valence-electron chi connectivity index (χ3n) is 6.29. The van der Waals surface area contributed by atoms with Gasteiger partial charge in [0.1, 0.15) is 0 Å². The molecule has 6 rings (SSSR count). The van der Waals surface area contributed by atoms with Crippen LogP contribution in [0.3, 0.4) is 0 Å². The number of imidazole rings is 2. The molecule has 0 fully saturated rings. The molecule has 0 amide bonds. The van der Waals surface area contributed by atoms with Crippen molar-refractivity contribution in [3.63, 3.8) is 0 Å². The number of aromatic nitrogens is 10. The first kappa shape index (κ1) is 32.6. The van der Waals surface area contributed by atoms with Gasteiger partial charge in [-0.3, -0.25) is 0 Å². The van der Waals surface area contributed by atoms with E-state index in [2.05, 4.69) is 62.8 Å². The summed E-state index contributed by atoms with van der Waals surface area (Å²) >= 11 is 1.33. The first-order chi connectivity index (χ1) is 20.5. The van der Waals surface area contributed by atoms with Crippen molar-refractivity contribution < 1.29 is 17.6 Å². The predicted octanol–water partition coefficient (Wildman–Crippen LogP) is 6.52. The summed E-state index contributed by atoms with van der Waals surface area (Å²) in [5.74, 6) is 1.72. The second-order valence-corrected chi connectivity index (χ2v) is 9.34. The minimum absolute atomic E-state index is 0.467. The van der Waals surface area contributed by atoms with E-state index in [0.717, 1.165) is 35.9 Å². The van der Waals surface area contributed by atoms with E-state index in [1.165, 1.54) is 17.6 Å². The van der Waals surface area contributed by atoms with Crippen LogP contribution in [-0.4, -0.2) is 48.6 Å². The van der Waals surface area contributed by atoms with Crippen molar-refractivity contribution in [3.8, 4) is 11.6 Å². The van der Waals surface area contributed by atoms with E-state index >= 15 is 0 Å². The van der Waals surface area contributed by atoms with Crippen LogP contribution in [0.15, 0.2) is 111 Å². The first-order valence-corrected chi connectivity index (χ1v) is 16.6. The van der Waals surface area contributed by atoms with E-state index in [1.54, 1.807) is 21.8 Å². The summed E-state index contributed by atoms with van der Waals surface area (Å²) in [5, 5.41) is 8.16. The summed E-state index contributed by atoms with van der Waals surface area (Å²) < 4.78 is 7.83. The molecule has 0 aliphatic heterocycles. The van der Waals surface area contributed by atoms with Gasteiger partial charge in [-0.15, -0.1) is 0 Å². The molecular weight excluding hydrogens is 726 g/mol. The zero-order valence-corrected chi connectivity index (χ0v) is 27.5. The van der Waals surface area contributed by atoms with Gasteiger partial charge in [-0.2, -0.15) is 10.2 Å². The van der Waals surface area contributed by atoms with E-state index in [9.17, 15) is 0 Å². The number of pyridine rings is 2. The Morgan fingerprint density at radius 3 is 1.57 bits per heavy atom. The SMILES string of the molecule is CCC(CC(C)n1ccnc1)n1ccnc1.Cc1cccc(-n2cccn2)n1.Cc1cccc(-n2cccn2)n1.[Cl][Os]. The standard InChI is InChI=1S/C12H18N4.2C9H9N3.ClH.Os/c1-3-12(16-7-5-14-10-16)8-11(2)15-6-4-13-9-15;2*1-8-4-2-5-9(11-8)12-7-3-6-10-12;;/h4-7,9-12H,3,8H2,1-2H3;2*2-7H,1H3;1H;/q;;;;+1/p-1. The molecule has 0 spiro atoms. The van der Waals surface area contributed by atoms with E-state index in [1.807, 2.05) is 112 Å². The van der Waals surface area contributed by atoms with Crippen LogP contribution in [-0.2, 0) is 17.6 Å². The van der Waals surface area contributed by atoms with Crippen LogP contribution >= 0.6 is 9.64 Å². The van der Waals surface area contributed by atoms with Crippen LogP contribution in [0.2, 0.25) is 0 Å². The molecule has 6 heterocycles. The summed E-state index contributed by atoms with van der Waals surface area (Å²) in [6.07, 6.45) is 21.0. The molecule has 0 saturated carbocycles. The van der Waals surface area contributed by atoms with Crippen molar-refractivity contribution in [2.45, 2.75) is 52.6 Å². The van der Waals surface area contributed by atoms with Crippen LogP contribution in [0, 0.1) is 13.8 Å². The maximum atomic E-state index is 4.67. The van der Waals surface area contributed by atoms with Crippen LogP contribution in [0.25, 0.3) is 11.6 Å². The molecule has 221 valence electrons. The molecule has 0 saturated heterocycles. The Kier molecular flexibility index (Phi) is 13.8. The molecule has 6 aromatic heterocycles. The van der Waals surface area contributed by atoms with E-state index in [-0.39, 0.29) is 0 Å². The number of hydrogen-bond donors (Lipinski definition) is 0. The van der Waals surface area contributed by atoms with Gasteiger partial charge in [0.2, 0.25) is 0 Å². The Labute approximate surface area is 261 Å². The quantitative estimate of drug-likeness (QED) is 0.184. The van der Waals surface area contributed by atoms with Gasteiger partial charge in [0.25, 0.3) is 0 Å². The molecule has 0 aromatic carbocycles. The summed E-state index contributed by atoms with van der Waals surface area (Å²) in [6.45, 7) is 8.37. The second-order valence-electron chi connectivity index (χ2n) is 9.34. The van der Waals surface area contributed by atoms with E-state index in [4.69, 9.17) is 0 Å². The van der Waals surface area contributed by atoms with Gasteiger partial charge >= 0.3 is 27.2 Å². The number of aryl methyl sites for hydroxylation is 2. The molecule has 12 heteroatoms. The number of halogens is 1. The molecule has 0 aliphatic rings. The Bertz CT molecular complexity index is 1430. The van der Waals surface area contributed by atoms with Gasteiger partial charge < -0.3 is 9.13 Å². The summed E-state index contributed by atoms with van der Waals surface area (Å²) in [7, 11) is 4.67. The van der Waals surface area contributed by atoms with Crippen molar-refractivity contribution in [1.29, 1.82) is 0 Å². The van der Waals surface area contributed by atoms with Crippen LogP contribution in [0.5, 0.6) is 0 Å².